The summed E-state index contributed by atoms with van der Waals surface area (Å²) in [5, 5.41) is 0. The second-order valence-electron chi connectivity index (χ2n) is 1.68. The molecule has 0 aliphatic heterocycles. The molecule has 0 spiro atoms. The first-order valence-corrected chi connectivity index (χ1v) is 5.01. The lowest BCUT2D eigenvalue weighted by Crippen LogP contribution is -1.93. The van der Waals surface area contributed by atoms with Gasteiger partial charge in [0.1, 0.15) is 0 Å². The Bertz CT molecular complexity index is 49.5. The predicted octanol–water partition coefficient (Wildman–Crippen LogP) is 4.50. The average Bonchev–Trinajstić information content (AvgIpc) is 1.67. The van der Waals surface area contributed by atoms with Crippen molar-refractivity contribution in [1.82, 2.24) is 0 Å². The van der Waals surface area contributed by atoms with E-state index in [1.165, 1.54) is 6.42 Å². The number of alkyl halides is 3. The molecule has 0 rings (SSSR count). The zero-order valence-electron chi connectivity index (χ0n) is 6.05. The van der Waals surface area contributed by atoms with Crippen LogP contribution in [0.3, 0.4) is 0 Å². The lowest BCUT2D eigenvalue weighted by Gasteiger charge is -2.03. The zero-order valence-corrected chi connectivity index (χ0v) is 9.98. The smallest absolute Gasteiger partial charge is 0.0940 e. The normalized spacial score (nSPS) is 10.0. The van der Waals surface area contributed by atoms with Gasteiger partial charge in [-0.25, -0.2) is 0 Å². The summed E-state index contributed by atoms with van der Waals surface area (Å²) in [4.78, 5) is 0. The van der Waals surface area contributed by atoms with Crippen LogP contribution in [0.2, 0.25) is 0 Å². The van der Waals surface area contributed by atoms with Crippen molar-refractivity contribution in [3.8, 4) is 0 Å². The lowest BCUT2D eigenvalue weighted by atomic mass is 10.6. The van der Waals surface area contributed by atoms with Crippen molar-refractivity contribution in [2.45, 2.75) is 36.3 Å². The van der Waals surface area contributed by atoms with Gasteiger partial charge >= 0.3 is 0 Å². The van der Waals surface area contributed by atoms with E-state index in [1.54, 1.807) is 0 Å². The molecule has 0 radical (unpaired) electrons. The number of halogens is 3. The van der Waals surface area contributed by atoms with E-state index in [9.17, 15) is 0 Å². The molecule has 0 atom stereocenters. The summed E-state index contributed by atoms with van der Waals surface area (Å²) in [7, 11) is 0. The topological polar surface area (TPSA) is 0 Å². The van der Waals surface area contributed by atoms with Crippen LogP contribution in [0.4, 0.5) is 0 Å². The molecule has 58 valence electrons. The van der Waals surface area contributed by atoms with Crippen molar-refractivity contribution in [2.24, 2.45) is 0 Å². The van der Waals surface area contributed by atoms with Crippen molar-refractivity contribution in [1.29, 1.82) is 0 Å². The monoisotopic (exact) mass is 278 g/mol. The van der Waals surface area contributed by atoms with Gasteiger partial charge in [0.05, 0.1) is 0 Å². The van der Waals surface area contributed by atoms with E-state index in [1.807, 2.05) is 6.92 Å². The third-order valence-corrected chi connectivity index (χ3v) is 1.79. The Morgan fingerprint density at radius 1 is 1.22 bits per heavy atom. The summed E-state index contributed by atoms with van der Waals surface area (Å²) < 4.78 is -0.361. The van der Waals surface area contributed by atoms with Crippen LogP contribution < -0.4 is 0 Å². The van der Waals surface area contributed by atoms with Crippen LogP contribution in [-0.4, -0.2) is 2.69 Å². The SMILES string of the molecule is CCC.CCC(Cl)(Br)Br. The Kier molecular flexibility index (Phi) is 10.5. The van der Waals surface area contributed by atoms with Gasteiger partial charge in [-0.2, -0.15) is 0 Å². The predicted molar refractivity (Wildman–Crippen MR) is 52.7 cm³/mol. The second-order valence-corrected chi connectivity index (χ2v) is 7.01. The van der Waals surface area contributed by atoms with Crippen LogP contribution in [0.25, 0.3) is 0 Å². The van der Waals surface area contributed by atoms with Crippen molar-refractivity contribution >= 4 is 43.5 Å². The fraction of sp³-hybridized carbons (Fsp3) is 1.00. The molecule has 0 aliphatic carbocycles. The summed E-state index contributed by atoms with van der Waals surface area (Å²) in [5.41, 5.74) is 0. The van der Waals surface area contributed by atoms with Crippen LogP contribution in [-0.2, 0) is 0 Å². The molecule has 3 heteroatoms. The summed E-state index contributed by atoms with van der Waals surface area (Å²) >= 11 is 11.9. The quantitative estimate of drug-likeness (QED) is 0.621. The molecule has 0 unspecified atom stereocenters. The van der Waals surface area contributed by atoms with Crippen LogP contribution in [0.15, 0.2) is 0 Å². The molecular formula is C6H13Br2Cl. The van der Waals surface area contributed by atoms with E-state index in [0.717, 1.165) is 6.42 Å². The first-order valence-electron chi connectivity index (χ1n) is 3.04. The zero-order chi connectivity index (χ0) is 7.91. The number of rotatable bonds is 1. The van der Waals surface area contributed by atoms with Crippen LogP contribution in [0.1, 0.15) is 33.6 Å². The van der Waals surface area contributed by atoms with Crippen LogP contribution in [0.5, 0.6) is 0 Å². The Hall–Kier alpha value is 1.25. The van der Waals surface area contributed by atoms with Crippen LogP contribution in [0, 0.1) is 0 Å². The maximum Gasteiger partial charge on any atom is 0.153 e. The van der Waals surface area contributed by atoms with Crippen molar-refractivity contribution < 1.29 is 0 Å². The molecule has 0 fully saturated rings. The van der Waals surface area contributed by atoms with Crippen molar-refractivity contribution in [3.05, 3.63) is 0 Å². The summed E-state index contributed by atoms with van der Waals surface area (Å²) in [6.07, 6.45) is 2.12. The molecule has 0 heterocycles. The highest BCUT2D eigenvalue weighted by Gasteiger charge is 2.12. The molecule has 9 heavy (non-hydrogen) atoms. The standard InChI is InChI=1S/C3H5Br2Cl.C3H8/c1-2-3(4,5)6;1-3-2/h2H2,1H3;3H2,1-2H3. The Morgan fingerprint density at radius 2 is 1.33 bits per heavy atom. The minimum atomic E-state index is -0.361. The van der Waals surface area contributed by atoms with Gasteiger partial charge in [0.2, 0.25) is 0 Å². The van der Waals surface area contributed by atoms with Gasteiger partial charge in [-0.05, 0) is 6.42 Å². The van der Waals surface area contributed by atoms with Gasteiger partial charge in [0.15, 0.2) is 2.69 Å². The average molecular weight is 280 g/mol. The molecular weight excluding hydrogens is 267 g/mol. The van der Waals surface area contributed by atoms with Crippen LogP contribution >= 0.6 is 43.5 Å². The van der Waals surface area contributed by atoms with Gasteiger partial charge < -0.3 is 0 Å². The minimum absolute atomic E-state index is 0.361. The first-order chi connectivity index (χ1) is 3.97. The molecule has 0 saturated carbocycles. The molecule has 0 nitrogen and oxygen atoms in total. The van der Waals surface area contributed by atoms with E-state index in [4.69, 9.17) is 11.6 Å². The molecule has 0 aromatic rings. The van der Waals surface area contributed by atoms with E-state index in [0.29, 0.717) is 0 Å². The largest absolute Gasteiger partial charge is 0.153 e. The highest BCUT2D eigenvalue weighted by Crippen LogP contribution is 2.33. The molecule has 0 aromatic carbocycles. The summed E-state index contributed by atoms with van der Waals surface area (Å²) in [5.74, 6) is 0. The summed E-state index contributed by atoms with van der Waals surface area (Å²) in [6, 6.07) is 0. The van der Waals surface area contributed by atoms with Gasteiger partial charge in [0.25, 0.3) is 0 Å². The van der Waals surface area contributed by atoms with E-state index >= 15 is 0 Å². The lowest BCUT2D eigenvalue weighted by molar-refractivity contribution is 1.03. The minimum Gasteiger partial charge on any atom is -0.0940 e. The fourth-order valence-corrected chi connectivity index (χ4v) is 0. The maximum absolute atomic E-state index is 5.55. The molecule has 0 aromatic heterocycles. The van der Waals surface area contributed by atoms with Gasteiger partial charge in [0, 0.05) is 0 Å². The van der Waals surface area contributed by atoms with E-state index in [-0.39, 0.29) is 2.69 Å². The highest BCUT2D eigenvalue weighted by atomic mass is 79.9. The maximum atomic E-state index is 5.55. The molecule has 0 bridgehead atoms. The van der Waals surface area contributed by atoms with Gasteiger partial charge in [-0.3, -0.25) is 0 Å². The summed E-state index contributed by atoms with van der Waals surface area (Å²) in [6.45, 7) is 6.23. The molecule has 0 N–H and O–H groups in total. The van der Waals surface area contributed by atoms with E-state index < -0.39 is 0 Å². The number of hydrogen-bond acceptors (Lipinski definition) is 0. The van der Waals surface area contributed by atoms with Crippen molar-refractivity contribution in [3.63, 3.8) is 0 Å². The van der Waals surface area contributed by atoms with Crippen molar-refractivity contribution in [2.75, 3.05) is 0 Å². The molecule has 0 amide bonds. The molecule has 0 saturated heterocycles. The number of hydrogen-bond donors (Lipinski definition) is 0. The fourth-order valence-electron chi connectivity index (χ4n) is 0. The highest BCUT2D eigenvalue weighted by molar-refractivity contribution is 9.26. The Morgan fingerprint density at radius 3 is 1.33 bits per heavy atom. The molecule has 0 aliphatic rings. The third-order valence-electron chi connectivity index (χ3n) is 0.401. The first kappa shape index (κ1) is 12.9. The second kappa shape index (κ2) is 7.36. The Labute approximate surface area is 79.6 Å². The van der Waals surface area contributed by atoms with Gasteiger partial charge in [-0.15, -0.1) is 0 Å². The third kappa shape index (κ3) is 26.9. The Balaban J connectivity index is 0. The van der Waals surface area contributed by atoms with E-state index in [2.05, 4.69) is 45.7 Å². The van der Waals surface area contributed by atoms with Gasteiger partial charge in [-0.1, -0.05) is 70.7 Å².